The summed E-state index contributed by atoms with van der Waals surface area (Å²) in [5.74, 6) is 0. The molecule has 0 aromatic rings. The van der Waals surface area contributed by atoms with Crippen LogP contribution in [0, 0.1) is 16.7 Å². The Balaban J connectivity index is 2.61. The number of hydrogen-bond donors (Lipinski definition) is 0. The van der Waals surface area contributed by atoms with E-state index in [9.17, 15) is 8.42 Å². The van der Waals surface area contributed by atoms with E-state index in [4.69, 9.17) is 15.9 Å². The van der Waals surface area contributed by atoms with Gasteiger partial charge in [-0.05, 0) is 24.7 Å². The molecule has 0 heterocycles. The molecule has 1 rings (SSSR count). The molecule has 0 spiro atoms. The van der Waals surface area contributed by atoms with Gasteiger partial charge in [0.25, 0.3) is 0 Å². The van der Waals surface area contributed by atoms with Crippen LogP contribution in [0.25, 0.3) is 0 Å². The van der Waals surface area contributed by atoms with Crippen molar-refractivity contribution in [2.75, 3.05) is 0 Å². The van der Waals surface area contributed by atoms with Crippen LogP contribution in [-0.4, -0.2) is 13.7 Å². The molecule has 0 aromatic heterocycles. The second-order valence-electron chi connectivity index (χ2n) is 3.69. The maximum Gasteiger partial charge on any atom is 0.235 e. The van der Waals surface area contributed by atoms with Gasteiger partial charge in [-0.25, -0.2) is 8.42 Å². The third-order valence-electron chi connectivity index (χ3n) is 2.92. The Morgan fingerprint density at radius 2 is 2.15 bits per heavy atom. The van der Waals surface area contributed by atoms with Crippen molar-refractivity contribution >= 4 is 19.7 Å². The van der Waals surface area contributed by atoms with Crippen LogP contribution in [0.4, 0.5) is 0 Å². The molecule has 3 nitrogen and oxygen atoms in total. The number of nitrogens with zero attached hydrogens (tertiary/aromatic N) is 1. The van der Waals surface area contributed by atoms with Gasteiger partial charge >= 0.3 is 0 Å². The van der Waals surface area contributed by atoms with Gasteiger partial charge in [0.1, 0.15) is 0 Å². The average Bonchev–Trinajstić information content (AvgIpc) is 1.93. The van der Waals surface area contributed by atoms with Crippen molar-refractivity contribution in [3.63, 3.8) is 0 Å². The Morgan fingerprint density at radius 1 is 1.62 bits per heavy atom. The van der Waals surface area contributed by atoms with Gasteiger partial charge in [-0.3, -0.25) is 0 Å². The smallest absolute Gasteiger partial charge is 0.212 e. The van der Waals surface area contributed by atoms with Crippen LogP contribution in [0.2, 0.25) is 0 Å². The van der Waals surface area contributed by atoms with Gasteiger partial charge in [-0.15, -0.1) is 0 Å². The van der Waals surface area contributed by atoms with E-state index in [0.29, 0.717) is 19.3 Å². The van der Waals surface area contributed by atoms with Gasteiger partial charge in [0, 0.05) is 17.1 Å². The lowest BCUT2D eigenvalue weighted by atomic mass is 9.65. The van der Waals surface area contributed by atoms with Crippen molar-refractivity contribution in [1.29, 1.82) is 5.26 Å². The number of hydrogen-bond acceptors (Lipinski definition) is 3. The van der Waals surface area contributed by atoms with E-state index >= 15 is 0 Å². The molecule has 1 aliphatic carbocycles. The Morgan fingerprint density at radius 3 is 2.46 bits per heavy atom. The van der Waals surface area contributed by atoms with Gasteiger partial charge < -0.3 is 0 Å². The van der Waals surface area contributed by atoms with Gasteiger partial charge in [-0.1, -0.05) is 6.92 Å². The molecule has 0 unspecified atom stereocenters. The zero-order valence-electron chi connectivity index (χ0n) is 7.46. The molecule has 0 N–H and O–H groups in total. The van der Waals surface area contributed by atoms with Crippen LogP contribution in [0.5, 0.6) is 0 Å². The third kappa shape index (κ3) is 2.15. The molecule has 1 saturated carbocycles. The van der Waals surface area contributed by atoms with E-state index in [0.717, 1.165) is 6.42 Å². The molecule has 0 aromatic carbocycles. The summed E-state index contributed by atoms with van der Waals surface area (Å²) < 4.78 is 21.8. The largest absolute Gasteiger partial charge is 0.235 e. The first-order chi connectivity index (χ1) is 5.93. The van der Waals surface area contributed by atoms with Crippen molar-refractivity contribution in [1.82, 2.24) is 0 Å². The number of nitriles is 1. The SMILES string of the molecule is CCC1(CC#N)CC(S(=O)(=O)Cl)C1. The molecule has 0 radical (unpaired) electrons. The highest BCUT2D eigenvalue weighted by atomic mass is 35.7. The molecule has 0 aliphatic heterocycles. The first-order valence-corrected chi connectivity index (χ1v) is 6.61. The quantitative estimate of drug-likeness (QED) is 0.686. The van der Waals surface area contributed by atoms with Crippen LogP contribution in [0.1, 0.15) is 32.6 Å². The summed E-state index contributed by atoms with van der Waals surface area (Å²) in [7, 11) is 1.81. The average molecular weight is 222 g/mol. The van der Waals surface area contributed by atoms with Gasteiger partial charge in [0.05, 0.1) is 11.3 Å². The summed E-state index contributed by atoms with van der Waals surface area (Å²) in [5, 5.41) is 8.13. The minimum absolute atomic E-state index is 0.0820. The Labute approximate surface area is 83.1 Å². The standard InChI is InChI=1S/C8H12ClNO2S/c1-2-8(3-4-10)5-7(6-8)13(9,11)12/h7H,2-3,5-6H2,1H3. The fourth-order valence-corrected chi connectivity index (χ4v) is 3.31. The summed E-state index contributed by atoms with van der Waals surface area (Å²) in [6, 6.07) is 2.10. The lowest BCUT2D eigenvalue weighted by molar-refractivity contribution is 0.138. The topological polar surface area (TPSA) is 57.9 Å². The molecule has 0 amide bonds. The summed E-state index contributed by atoms with van der Waals surface area (Å²) in [6.07, 6.45) is 2.38. The lowest BCUT2D eigenvalue weighted by Gasteiger charge is -2.44. The minimum Gasteiger partial charge on any atom is -0.212 e. The first-order valence-electron chi connectivity index (χ1n) is 4.24. The molecule has 1 aliphatic rings. The van der Waals surface area contributed by atoms with Gasteiger partial charge in [0.15, 0.2) is 0 Å². The second-order valence-corrected chi connectivity index (χ2v) is 6.60. The van der Waals surface area contributed by atoms with E-state index in [1.54, 1.807) is 0 Å². The highest BCUT2D eigenvalue weighted by Crippen LogP contribution is 2.50. The van der Waals surface area contributed by atoms with E-state index in [1.807, 2.05) is 6.92 Å². The highest BCUT2D eigenvalue weighted by molar-refractivity contribution is 8.14. The summed E-state index contributed by atoms with van der Waals surface area (Å²) in [6.45, 7) is 1.98. The molecule has 74 valence electrons. The Kier molecular flexibility index (Phi) is 2.88. The number of halogens is 1. The Hall–Kier alpha value is -0.270. The fraction of sp³-hybridized carbons (Fsp3) is 0.875. The molecule has 0 saturated heterocycles. The molecule has 0 atom stereocenters. The normalized spacial score (nSPS) is 33.5. The highest BCUT2D eigenvalue weighted by Gasteiger charge is 2.47. The predicted molar refractivity (Wildman–Crippen MR) is 50.7 cm³/mol. The summed E-state index contributed by atoms with van der Waals surface area (Å²) in [4.78, 5) is 0. The zero-order valence-corrected chi connectivity index (χ0v) is 9.03. The molecule has 5 heteroatoms. The van der Waals surface area contributed by atoms with Crippen LogP contribution in [-0.2, 0) is 9.05 Å². The van der Waals surface area contributed by atoms with Crippen molar-refractivity contribution in [3.05, 3.63) is 0 Å². The maximum absolute atomic E-state index is 10.9. The summed E-state index contributed by atoms with van der Waals surface area (Å²) in [5.41, 5.74) is -0.0820. The lowest BCUT2D eigenvalue weighted by Crippen LogP contribution is -2.43. The molecule has 1 fully saturated rings. The monoisotopic (exact) mass is 221 g/mol. The maximum atomic E-state index is 10.9. The van der Waals surface area contributed by atoms with Crippen molar-refractivity contribution in [2.24, 2.45) is 5.41 Å². The van der Waals surface area contributed by atoms with Crippen LogP contribution < -0.4 is 0 Å². The third-order valence-corrected chi connectivity index (χ3v) is 4.81. The molecular formula is C8H12ClNO2S. The second kappa shape index (κ2) is 3.47. The van der Waals surface area contributed by atoms with E-state index in [1.165, 1.54) is 0 Å². The molecule has 13 heavy (non-hydrogen) atoms. The van der Waals surface area contributed by atoms with Gasteiger partial charge in [-0.2, -0.15) is 5.26 Å². The molecular weight excluding hydrogens is 210 g/mol. The van der Waals surface area contributed by atoms with Crippen molar-refractivity contribution in [3.8, 4) is 6.07 Å². The number of rotatable bonds is 3. The first kappa shape index (κ1) is 10.8. The Bertz CT molecular complexity index is 325. The van der Waals surface area contributed by atoms with Crippen LogP contribution in [0.3, 0.4) is 0 Å². The van der Waals surface area contributed by atoms with E-state index in [2.05, 4.69) is 6.07 Å². The van der Waals surface area contributed by atoms with Gasteiger partial charge in [0.2, 0.25) is 9.05 Å². The van der Waals surface area contributed by atoms with Crippen molar-refractivity contribution in [2.45, 2.75) is 37.9 Å². The fourth-order valence-electron chi connectivity index (χ4n) is 1.83. The summed E-state index contributed by atoms with van der Waals surface area (Å²) >= 11 is 0. The minimum atomic E-state index is -3.40. The zero-order chi connectivity index (χ0) is 10.1. The predicted octanol–water partition coefficient (Wildman–Crippen LogP) is 2.03. The van der Waals surface area contributed by atoms with Crippen molar-refractivity contribution < 1.29 is 8.42 Å². The van der Waals surface area contributed by atoms with E-state index < -0.39 is 14.3 Å². The molecule has 0 bridgehead atoms. The van der Waals surface area contributed by atoms with Crippen LogP contribution in [0.15, 0.2) is 0 Å². The van der Waals surface area contributed by atoms with E-state index in [-0.39, 0.29) is 5.41 Å². The van der Waals surface area contributed by atoms with Crippen LogP contribution >= 0.6 is 10.7 Å².